The Hall–Kier alpha value is -2.87. The lowest BCUT2D eigenvalue weighted by Gasteiger charge is -2.15. The highest BCUT2D eigenvalue weighted by Crippen LogP contribution is 2.26. The lowest BCUT2D eigenvalue weighted by molar-refractivity contribution is 0.103. The predicted molar refractivity (Wildman–Crippen MR) is 86.7 cm³/mol. The minimum absolute atomic E-state index is 0.0175. The maximum Gasteiger partial charge on any atom is 0.271 e. The van der Waals surface area contributed by atoms with Gasteiger partial charge in [0.25, 0.3) is 5.56 Å². The van der Waals surface area contributed by atoms with E-state index >= 15 is 0 Å². The molecule has 1 N–H and O–H groups in total. The maximum atomic E-state index is 12.9. The standard InChI is InChI=1S/C18H18N2O3/c1-4-9-20-17(22)14(10-19)12(3)15(18(20)23)16(21)13-8-6-5-7-11(13)2/h5-8,23H,4,9H2,1-3H3. The Morgan fingerprint density at radius 3 is 2.52 bits per heavy atom. The zero-order valence-corrected chi connectivity index (χ0v) is 13.4. The molecule has 0 unspecified atom stereocenters. The molecule has 1 aromatic carbocycles. The molecule has 1 aromatic heterocycles. The SMILES string of the molecule is CCCn1c(O)c(C(=O)c2ccccc2C)c(C)c(C#N)c1=O. The van der Waals surface area contributed by atoms with E-state index in [9.17, 15) is 20.0 Å². The summed E-state index contributed by atoms with van der Waals surface area (Å²) in [5, 5.41) is 19.7. The molecule has 0 fully saturated rings. The van der Waals surface area contributed by atoms with Gasteiger partial charge in [0.15, 0.2) is 5.78 Å². The van der Waals surface area contributed by atoms with Crippen molar-refractivity contribution in [2.24, 2.45) is 0 Å². The van der Waals surface area contributed by atoms with Gasteiger partial charge in [-0.25, -0.2) is 0 Å². The normalized spacial score (nSPS) is 10.3. The molecule has 0 saturated carbocycles. The van der Waals surface area contributed by atoms with E-state index < -0.39 is 5.56 Å². The molecule has 0 aliphatic heterocycles. The van der Waals surface area contributed by atoms with Crippen molar-refractivity contribution < 1.29 is 9.90 Å². The van der Waals surface area contributed by atoms with Crippen molar-refractivity contribution in [2.45, 2.75) is 33.7 Å². The lowest BCUT2D eigenvalue weighted by Crippen LogP contribution is -2.26. The Morgan fingerprint density at radius 1 is 1.30 bits per heavy atom. The van der Waals surface area contributed by atoms with E-state index in [0.717, 1.165) is 10.1 Å². The summed E-state index contributed by atoms with van der Waals surface area (Å²) in [6, 6.07) is 8.87. The van der Waals surface area contributed by atoms with Crippen LogP contribution in [-0.4, -0.2) is 15.5 Å². The first kappa shape index (κ1) is 16.5. The van der Waals surface area contributed by atoms with Crippen LogP contribution in [0.2, 0.25) is 0 Å². The average molecular weight is 310 g/mol. The molecule has 2 aromatic rings. The number of aromatic hydroxyl groups is 1. The molecule has 0 aliphatic rings. The first-order chi connectivity index (χ1) is 10.9. The van der Waals surface area contributed by atoms with Crippen molar-refractivity contribution in [3.8, 4) is 11.9 Å². The Morgan fingerprint density at radius 2 is 1.96 bits per heavy atom. The second-order valence-corrected chi connectivity index (χ2v) is 5.41. The van der Waals surface area contributed by atoms with Gasteiger partial charge >= 0.3 is 0 Å². The number of hydrogen-bond donors (Lipinski definition) is 1. The van der Waals surface area contributed by atoms with Gasteiger partial charge in [-0.3, -0.25) is 14.2 Å². The van der Waals surface area contributed by atoms with Gasteiger partial charge in [0, 0.05) is 12.1 Å². The van der Waals surface area contributed by atoms with Crippen LogP contribution in [0.25, 0.3) is 0 Å². The summed E-state index contributed by atoms with van der Waals surface area (Å²) in [7, 11) is 0. The van der Waals surface area contributed by atoms with E-state index in [4.69, 9.17) is 0 Å². The molecule has 0 bridgehead atoms. The number of ketones is 1. The molecular formula is C18H18N2O3. The second-order valence-electron chi connectivity index (χ2n) is 5.41. The summed E-state index contributed by atoms with van der Waals surface area (Å²) in [5.41, 5.74) is 0.776. The van der Waals surface area contributed by atoms with Crippen LogP contribution >= 0.6 is 0 Å². The molecule has 5 nitrogen and oxygen atoms in total. The highest BCUT2D eigenvalue weighted by molar-refractivity contribution is 6.12. The fraction of sp³-hybridized carbons (Fsp3) is 0.278. The van der Waals surface area contributed by atoms with Crippen molar-refractivity contribution in [1.82, 2.24) is 4.57 Å². The van der Waals surface area contributed by atoms with Gasteiger partial charge in [0.2, 0.25) is 5.88 Å². The summed E-state index contributed by atoms with van der Waals surface area (Å²) in [6.45, 7) is 5.41. The lowest BCUT2D eigenvalue weighted by atomic mass is 9.95. The molecule has 0 saturated heterocycles. The van der Waals surface area contributed by atoms with Gasteiger partial charge in [-0.05, 0) is 31.4 Å². The zero-order chi connectivity index (χ0) is 17.1. The van der Waals surface area contributed by atoms with Crippen LogP contribution in [0.15, 0.2) is 29.1 Å². The van der Waals surface area contributed by atoms with Crippen molar-refractivity contribution in [1.29, 1.82) is 5.26 Å². The third-order valence-corrected chi connectivity index (χ3v) is 3.86. The van der Waals surface area contributed by atoms with E-state index in [1.54, 1.807) is 25.1 Å². The van der Waals surface area contributed by atoms with Crippen LogP contribution in [0.5, 0.6) is 5.88 Å². The van der Waals surface area contributed by atoms with Crippen molar-refractivity contribution in [2.75, 3.05) is 0 Å². The van der Waals surface area contributed by atoms with Crippen LogP contribution in [0, 0.1) is 25.2 Å². The highest BCUT2D eigenvalue weighted by Gasteiger charge is 2.25. The number of rotatable bonds is 4. The number of benzene rings is 1. The summed E-state index contributed by atoms with van der Waals surface area (Å²) < 4.78 is 1.09. The molecule has 0 radical (unpaired) electrons. The van der Waals surface area contributed by atoms with Gasteiger partial charge in [0.05, 0.1) is 5.56 Å². The Bertz CT molecular complexity index is 873. The Labute approximate surface area is 134 Å². The molecule has 5 heteroatoms. The molecule has 2 rings (SSSR count). The maximum absolute atomic E-state index is 12.9. The van der Waals surface area contributed by atoms with Crippen LogP contribution in [0.3, 0.4) is 0 Å². The van der Waals surface area contributed by atoms with Crippen LogP contribution in [0.4, 0.5) is 0 Å². The monoisotopic (exact) mass is 310 g/mol. The molecule has 0 atom stereocenters. The van der Waals surface area contributed by atoms with Gasteiger partial charge in [-0.1, -0.05) is 31.2 Å². The highest BCUT2D eigenvalue weighted by atomic mass is 16.3. The molecular weight excluding hydrogens is 292 g/mol. The van der Waals surface area contributed by atoms with E-state index in [2.05, 4.69) is 0 Å². The summed E-state index contributed by atoms with van der Waals surface area (Å²) >= 11 is 0. The quantitative estimate of drug-likeness (QED) is 0.880. The first-order valence-corrected chi connectivity index (χ1v) is 7.40. The molecule has 118 valence electrons. The number of nitrogens with zero attached hydrogens (tertiary/aromatic N) is 2. The largest absolute Gasteiger partial charge is 0.494 e. The molecule has 0 amide bonds. The van der Waals surface area contributed by atoms with Crippen LogP contribution in [-0.2, 0) is 6.54 Å². The number of carbonyl (C=O) groups is 1. The van der Waals surface area contributed by atoms with E-state index in [1.165, 1.54) is 6.92 Å². The van der Waals surface area contributed by atoms with Crippen molar-refractivity contribution in [3.63, 3.8) is 0 Å². The number of aromatic nitrogens is 1. The Balaban J connectivity index is 2.80. The van der Waals surface area contributed by atoms with Gasteiger partial charge in [0.1, 0.15) is 11.6 Å². The summed E-state index contributed by atoms with van der Waals surface area (Å²) in [5.74, 6) is -0.763. The smallest absolute Gasteiger partial charge is 0.271 e. The summed E-state index contributed by atoms with van der Waals surface area (Å²) in [6.07, 6.45) is 0.597. The average Bonchev–Trinajstić information content (AvgIpc) is 2.52. The molecule has 23 heavy (non-hydrogen) atoms. The molecule has 1 heterocycles. The predicted octanol–water partition coefficient (Wildman–Crippen LogP) is 2.68. The van der Waals surface area contributed by atoms with Gasteiger partial charge < -0.3 is 5.11 Å². The van der Waals surface area contributed by atoms with Crippen LogP contribution < -0.4 is 5.56 Å². The van der Waals surface area contributed by atoms with Crippen molar-refractivity contribution >= 4 is 5.78 Å². The van der Waals surface area contributed by atoms with Gasteiger partial charge in [-0.15, -0.1) is 0 Å². The number of pyridine rings is 1. The third-order valence-electron chi connectivity index (χ3n) is 3.86. The number of hydrogen-bond acceptors (Lipinski definition) is 4. The number of nitriles is 1. The number of carbonyl (C=O) groups excluding carboxylic acids is 1. The molecule has 0 spiro atoms. The first-order valence-electron chi connectivity index (χ1n) is 7.40. The molecule has 0 aliphatic carbocycles. The minimum atomic E-state index is -0.564. The number of aryl methyl sites for hydroxylation is 1. The summed E-state index contributed by atoms with van der Waals surface area (Å²) in [4.78, 5) is 25.1. The topological polar surface area (TPSA) is 83.1 Å². The Kier molecular flexibility index (Phi) is 4.65. The van der Waals surface area contributed by atoms with Crippen molar-refractivity contribution in [3.05, 3.63) is 62.4 Å². The fourth-order valence-corrected chi connectivity index (χ4v) is 2.62. The van der Waals surface area contributed by atoms with E-state index in [0.29, 0.717) is 12.0 Å². The minimum Gasteiger partial charge on any atom is -0.494 e. The third kappa shape index (κ3) is 2.76. The van der Waals surface area contributed by atoms with E-state index in [-0.39, 0.29) is 34.9 Å². The van der Waals surface area contributed by atoms with Gasteiger partial charge in [-0.2, -0.15) is 5.26 Å². The van der Waals surface area contributed by atoms with Crippen LogP contribution in [0.1, 0.15) is 46.0 Å². The fourth-order valence-electron chi connectivity index (χ4n) is 2.62. The zero-order valence-electron chi connectivity index (χ0n) is 13.4. The second kappa shape index (κ2) is 6.49. The van der Waals surface area contributed by atoms with E-state index in [1.807, 2.05) is 19.1 Å².